The SMILES string of the molecule is O=C1CO[C@H](c2ccc(Br)cc2Br)CN1. The summed E-state index contributed by atoms with van der Waals surface area (Å²) < 4.78 is 7.44. The molecule has 0 aromatic heterocycles. The molecule has 0 unspecified atom stereocenters. The van der Waals surface area contributed by atoms with Gasteiger partial charge in [-0.05, 0) is 17.7 Å². The molecule has 3 nitrogen and oxygen atoms in total. The molecule has 0 aliphatic carbocycles. The van der Waals surface area contributed by atoms with E-state index >= 15 is 0 Å². The van der Waals surface area contributed by atoms with Crippen LogP contribution in [-0.2, 0) is 9.53 Å². The van der Waals surface area contributed by atoms with Crippen molar-refractivity contribution in [3.8, 4) is 0 Å². The maximum atomic E-state index is 10.9. The molecule has 15 heavy (non-hydrogen) atoms. The Morgan fingerprint density at radius 3 is 2.80 bits per heavy atom. The molecule has 1 aliphatic rings. The second kappa shape index (κ2) is 4.63. The predicted octanol–water partition coefficient (Wildman–Crippen LogP) is 2.40. The van der Waals surface area contributed by atoms with Gasteiger partial charge in [0.1, 0.15) is 12.7 Å². The van der Waals surface area contributed by atoms with Gasteiger partial charge in [0.25, 0.3) is 0 Å². The Bertz CT molecular complexity index is 385. The number of carbonyl (C=O) groups excluding carboxylic acids is 1. The molecule has 0 saturated carbocycles. The van der Waals surface area contributed by atoms with Gasteiger partial charge in [-0.2, -0.15) is 0 Å². The van der Waals surface area contributed by atoms with Crippen molar-refractivity contribution in [2.75, 3.05) is 13.2 Å². The average Bonchev–Trinajstić information content (AvgIpc) is 2.20. The summed E-state index contributed by atoms with van der Waals surface area (Å²) in [4.78, 5) is 10.9. The van der Waals surface area contributed by atoms with Gasteiger partial charge in [-0.1, -0.05) is 37.9 Å². The Morgan fingerprint density at radius 2 is 2.20 bits per heavy atom. The molecule has 1 aromatic carbocycles. The Morgan fingerprint density at radius 1 is 1.40 bits per heavy atom. The van der Waals surface area contributed by atoms with Crippen molar-refractivity contribution >= 4 is 37.8 Å². The van der Waals surface area contributed by atoms with Crippen molar-refractivity contribution in [1.29, 1.82) is 0 Å². The van der Waals surface area contributed by atoms with Crippen LogP contribution >= 0.6 is 31.9 Å². The van der Waals surface area contributed by atoms with Gasteiger partial charge in [0.15, 0.2) is 0 Å². The minimum Gasteiger partial charge on any atom is -0.362 e. The van der Waals surface area contributed by atoms with Crippen LogP contribution in [0.3, 0.4) is 0 Å². The molecule has 0 bridgehead atoms. The van der Waals surface area contributed by atoms with E-state index in [1.54, 1.807) is 0 Å². The van der Waals surface area contributed by atoms with Gasteiger partial charge in [0.05, 0.1) is 0 Å². The van der Waals surface area contributed by atoms with Crippen molar-refractivity contribution in [1.82, 2.24) is 5.32 Å². The highest BCUT2D eigenvalue weighted by Crippen LogP contribution is 2.29. The first-order valence-electron chi connectivity index (χ1n) is 4.50. The first kappa shape index (κ1) is 11.1. The summed E-state index contributed by atoms with van der Waals surface area (Å²) in [6.07, 6.45) is -0.0647. The second-order valence-corrected chi connectivity index (χ2v) is 5.04. The van der Waals surface area contributed by atoms with Crippen LogP contribution in [0.15, 0.2) is 27.1 Å². The zero-order chi connectivity index (χ0) is 10.8. The minimum atomic E-state index is -0.0647. The van der Waals surface area contributed by atoms with E-state index in [-0.39, 0.29) is 18.6 Å². The van der Waals surface area contributed by atoms with Crippen LogP contribution in [0.1, 0.15) is 11.7 Å². The Labute approximate surface area is 104 Å². The number of amides is 1. The quantitative estimate of drug-likeness (QED) is 0.856. The van der Waals surface area contributed by atoms with E-state index in [1.807, 2.05) is 18.2 Å². The molecule has 1 fully saturated rings. The summed E-state index contributed by atoms with van der Waals surface area (Å²) in [5.74, 6) is -0.0560. The third-order valence-electron chi connectivity index (χ3n) is 2.21. The second-order valence-electron chi connectivity index (χ2n) is 3.27. The van der Waals surface area contributed by atoms with Crippen molar-refractivity contribution in [3.63, 3.8) is 0 Å². The maximum Gasteiger partial charge on any atom is 0.246 e. The molecule has 2 rings (SSSR count). The van der Waals surface area contributed by atoms with Gasteiger partial charge in [-0.15, -0.1) is 0 Å². The van der Waals surface area contributed by atoms with Gasteiger partial charge < -0.3 is 10.1 Å². The summed E-state index contributed by atoms with van der Waals surface area (Å²) in [5, 5.41) is 2.78. The largest absolute Gasteiger partial charge is 0.362 e. The van der Waals surface area contributed by atoms with E-state index in [0.29, 0.717) is 6.54 Å². The van der Waals surface area contributed by atoms with Crippen LogP contribution in [0.2, 0.25) is 0 Å². The number of nitrogens with one attached hydrogen (secondary N) is 1. The van der Waals surface area contributed by atoms with E-state index in [9.17, 15) is 4.79 Å². The Hall–Kier alpha value is -0.390. The van der Waals surface area contributed by atoms with Gasteiger partial charge in [-0.25, -0.2) is 0 Å². The lowest BCUT2D eigenvalue weighted by molar-refractivity contribution is -0.133. The number of halogens is 2. The van der Waals surface area contributed by atoms with Crippen LogP contribution in [0, 0.1) is 0 Å². The van der Waals surface area contributed by atoms with E-state index in [2.05, 4.69) is 37.2 Å². The highest BCUT2D eigenvalue weighted by Gasteiger charge is 2.21. The van der Waals surface area contributed by atoms with E-state index < -0.39 is 0 Å². The zero-order valence-electron chi connectivity index (χ0n) is 7.80. The van der Waals surface area contributed by atoms with E-state index in [1.165, 1.54) is 0 Å². The van der Waals surface area contributed by atoms with Gasteiger partial charge in [0, 0.05) is 15.5 Å². The summed E-state index contributed by atoms with van der Waals surface area (Å²) in [5.41, 5.74) is 1.05. The zero-order valence-corrected chi connectivity index (χ0v) is 11.0. The molecule has 0 spiro atoms. The molecule has 1 atom stereocenters. The van der Waals surface area contributed by atoms with Crippen LogP contribution in [0.25, 0.3) is 0 Å². The lowest BCUT2D eigenvalue weighted by Gasteiger charge is -2.24. The van der Waals surface area contributed by atoms with Crippen LogP contribution in [-0.4, -0.2) is 19.1 Å². The lowest BCUT2D eigenvalue weighted by Crippen LogP contribution is -2.38. The normalized spacial score (nSPS) is 21.2. The fourth-order valence-corrected chi connectivity index (χ4v) is 2.76. The number of morpholine rings is 1. The molecular weight excluding hydrogens is 326 g/mol. The third-order valence-corrected chi connectivity index (χ3v) is 3.39. The average molecular weight is 335 g/mol. The Balaban J connectivity index is 2.19. The van der Waals surface area contributed by atoms with Crippen molar-refractivity contribution in [3.05, 3.63) is 32.7 Å². The van der Waals surface area contributed by atoms with Crippen molar-refractivity contribution in [2.45, 2.75) is 6.10 Å². The molecular formula is C10H9Br2NO2. The first-order valence-corrected chi connectivity index (χ1v) is 6.08. The van der Waals surface area contributed by atoms with Gasteiger partial charge in [-0.3, -0.25) is 4.79 Å². The monoisotopic (exact) mass is 333 g/mol. The third kappa shape index (κ3) is 2.59. The maximum absolute atomic E-state index is 10.9. The van der Waals surface area contributed by atoms with Gasteiger partial charge >= 0.3 is 0 Å². The van der Waals surface area contributed by atoms with Gasteiger partial charge in [0.2, 0.25) is 5.91 Å². The molecule has 1 heterocycles. The number of rotatable bonds is 1. The molecule has 1 aliphatic heterocycles. The number of hydrogen-bond donors (Lipinski definition) is 1. The smallest absolute Gasteiger partial charge is 0.246 e. The molecule has 0 radical (unpaired) electrons. The van der Waals surface area contributed by atoms with Crippen molar-refractivity contribution < 1.29 is 9.53 Å². The highest BCUT2D eigenvalue weighted by molar-refractivity contribution is 9.11. The predicted molar refractivity (Wildman–Crippen MR) is 63.5 cm³/mol. The van der Waals surface area contributed by atoms with Crippen LogP contribution in [0.4, 0.5) is 0 Å². The van der Waals surface area contributed by atoms with Crippen molar-refractivity contribution in [2.24, 2.45) is 0 Å². The van der Waals surface area contributed by atoms with Crippen LogP contribution < -0.4 is 5.32 Å². The molecule has 1 saturated heterocycles. The Kier molecular flexibility index (Phi) is 3.43. The summed E-state index contributed by atoms with van der Waals surface area (Å²) in [6, 6.07) is 5.91. The fourth-order valence-electron chi connectivity index (χ4n) is 1.46. The molecule has 1 aromatic rings. The summed E-state index contributed by atoms with van der Waals surface area (Å²) in [6.45, 7) is 0.659. The standard InChI is InChI=1S/C10H9Br2NO2/c11-6-1-2-7(8(12)3-6)9-4-13-10(14)5-15-9/h1-3,9H,4-5H2,(H,13,14)/t9-/m0/s1. The topological polar surface area (TPSA) is 38.3 Å². The number of ether oxygens (including phenoxy) is 1. The molecule has 1 N–H and O–H groups in total. The van der Waals surface area contributed by atoms with Crippen LogP contribution in [0.5, 0.6) is 0 Å². The summed E-state index contributed by atoms with van der Waals surface area (Å²) >= 11 is 6.86. The number of carbonyl (C=O) groups is 1. The minimum absolute atomic E-state index is 0.0560. The molecule has 80 valence electrons. The first-order chi connectivity index (χ1) is 7.16. The number of benzene rings is 1. The molecule has 5 heteroatoms. The van der Waals surface area contributed by atoms with E-state index in [4.69, 9.17) is 4.74 Å². The number of hydrogen-bond acceptors (Lipinski definition) is 2. The highest BCUT2D eigenvalue weighted by atomic mass is 79.9. The summed E-state index contributed by atoms with van der Waals surface area (Å²) in [7, 11) is 0. The van der Waals surface area contributed by atoms with E-state index in [0.717, 1.165) is 14.5 Å². The lowest BCUT2D eigenvalue weighted by atomic mass is 10.1. The fraction of sp³-hybridized carbons (Fsp3) is 0.300. The molecule has 1 amide bonds.